The van der Waals surface area contributed by atoms with Crippen molar-refractivity contribution in [3.05, 3.63) is 0 Å². The summed E-state index contributed by atoms with van der Waals surface area (Å²) >= 11 is 0. The molecular weight excluding hydrogens is 375 g/mol. The van der Waals surface area contributed by atoms with Crippen LogP contribution in [-0.2, 0) is 10.1 Å². The quantitative estimate of drug-likeness (QED) is 0.212. The third-order valence-electron chi connectivity index (χ3n) is 4.97. The summed E-state index contributed by atoms with van der Waals surface area (Å²) in [7, 11) is -4.15. The molecule has 0 bridgehead atoms. The molecule has 0 spiro atoms. The Morgan fingerprint density at radius 1 is 0.692 bits per heavy atom. The Morgan fingerprint density at radius 2 is 1.12 bits per heavy atom. The number of hydrogen-bond acceptors (Lipinski definition) is 4. The summed E-state index contributed by atoms with van der Waals surface area (Å²) in [6.45, 7) is 4.24. The van der Waals surface area contributed by atoms with Crippen LogP contribution in [0.1, 0.15) is 117 Å². The fourth-order valence-corrected chi connectivity index (χ4v) is 4.26. The van der Waals surface area contributed by atoms with Gasteiger partial charge in [0.2, 0.25) is 0 Å². The van der Waals surface area contributed by atoms with Gasteiger partial charge in [-0.3, -0.25) is 0 Å². The van der Waals surface area contributed by atoms with Gasteiger partial charge in [-0.1, -0.05) is 90.9 Å². The first-order valence-electron chi connectivity index (χ1n) is 10.5. The molecule has 2 unspecified atom stereocenters. The second-order valence-corrected chi connectivity index (χ2v) is 9.11. The van der Waals surface area contributed by atoms with Crippen LogP contribution in [0, 0.1) is 0 Å². The molecule has 4 nitrogen and oxygen atoms in total. The average molecular weight is 417 g/mol. The molecule has 6 heteroatoms. The van der Waals surface area contributed by atoms with Crippen LogP contribution in [0.4, 0.5) is 0 Å². The number of unbranched alkanes of at least 4 members (excludes halogenated alkanes) is 9. The molecule has 2 atom stereocenters. The molecule has 0 aliphatic heterocycles. The molecule has 0 saturated heterocycles. The van der Waals surface area contributed by atoms with Crippen LogP contribution < -0.4 is 51.4 Å². The van der Waals surface area contributed by atoms with E-state index in [-0.39, 0.29) is 57.5 Å². The molecule has 152 valence electrons. The summed E-state index contributed by atoms with van der Waals surface area (Å²) in [6, 6.07) is 0. The van der Waals surface area contributed by atoms with Crippen LogP contribution in [0.3, 0.4) is 0 Å². The monoisotopic (exact) mass is 416 g/mol. The fraction of sp³-hybridized carbons (Fsp3) is 1.00. The van der Waals surface area contributed by atoms with Crippen LogP contribution >= 0.6 is 0 Å². The van der Waals surface area contributed by atoms with E-state index in [0.717, 1.165) is 77.0 Å². The van der Waals surface area contributed by atoms with Crippen LogP contribution in [0.5, 0.6) is 0 Å². The Labute approximate surface area is 205 Å². The van der Waals surface area contributed by atoms with Gasteiger partial charge >= 0.3 is 51.4 Å². The summed E-state index contributed by atoms with van der Waals surface area (Å²) in [5.41, 5.74) is 0. The maximum atomic E-state index is 11.4. The Kier molecular flexibility index (Phi) is 22.6. The van der Waals surface area contributed by atoms with Crippen molar-refractivity contribution in [1.29, 1.82) is 0 Å². The summed E-state index contributed by atoms with van der Waals surface area (Å²) < 4.78 is 34.2. The van der Waals surface area contributed by atoms with Crippen molar-refractivity contribution < 1.29 is 69.5 Å². The van der Waals surface area contributed by atoms with Gasteiger partial charge in [0.25, 0.3) is 0 Å². The van der Waals surface area contributed by atoms with Crippen molar-refractivity contribution in [2.45, 2.75) is 128 Å². The minimum Gasteiger partial charge on any atom is -0.748 e. The van der Waals surface area contributed by atoms with Gasteiger partial charge in [-0.05, 0) is 25.7 Å². The maximum absolute atomic E-state index is 11.4. The predicted octanol–water partition coefficient (Wildman–Crippen LogP) is 2.55. The summed E-state index contributed by atoms with van der Waals surface area (Å²) in [6.07, 6.45) is 15.3. The standard InChI is InChI=1S/C20H42O4S.K/c1-3-5-6-9-13-17-20(25(22,23)24)18-14-11-8-7-10-12-16-19(21)15-4-2;/h19-21H,3-18H2,1-2H3,(H,22,23,24);/q;+1/p-1. The van der Waals surface area contributed by atoms with Crippen molar-refractivity contribution in [1.82, 2.24) is 0 Å². The molecule has 0 aromatic rings. The van der Waals surface area contributed by atoms with Gasteiger partial charge in [0.05, 0.1) is 16.2 Å². The number of aliphatic hydroxyl groups is 1. The first-order chi connectivity index (χ1) is 11.9. The molecule has 0 aromatic carbocycles. The van der Waals surface area contributed by atoms with E-state index in [0.29, 0.717) is 12.8 Å². The molecule has 0 aliphatic carbocycles. The SMILES string of the molecule is CCCCCCCC(CCCCCCCCC(O)CCC)S(=O)(=O)[O-].[K+]. The van der Waals surface area contributed by atoms with E-state index < -0.39 is 15.4 Å². The fourth-order valence-electron chi connectivity index (χ4n) is 3.35. The van der Waals surface area contributed by atoms with Gasteiger partial charge in [0.1, 0.15) is 0 Å². The summed E-state index contributed by atoms with van der Waals surface area (Å²) in [5, 5.41) is 8.98. The Hall–Kier alpha value is 1.51. The van der Waals surface area contributed by atoms with Crippen molar-refractivity contribution >= 4 is 10.1 Å². The average Bonchev–Trinajstić information content (AvgIpc) is 2.54. The molecule has 0 fully saturated rings. The largest absolute Gasteiger partial charge is 1.00 e. The van der Waals surface area contributed by atoms with Gasteiger partial charge in [0.15, 0.2) is 0 Å². The van der Waals surface area contributed by atoms with E-state index in [1.807, 2.05) is 0 Å². The predicted molar refractivity (Wildman–Crippen MR) is 105 cm³/mol. The second-order valence-electron chi connectivity index (χ2n) is 7.46. The van der Waals surface area contributed by atoms with E-state index in [1.165, 1.54) is 12.8 Å². The Morgan fingerprint density at radius 3 is 1.54 bits per heavy atom. The Bertz CT molecular complexity index is 387. The van der Waals surface area contributed by atoms with Crippen LogP contribution in [0.25, 0.3) is 0 Å². The van der Waals surface area contributed by atoms with Crippen LogP contribution in [-0.4, -0.2) is 29.4 Å². The van der Waals surface area contributed by atoms with Gasteiger partial charge in [0, 0.05) is 5.25 Å². The summed E-state index contributed by atoms with van der Waals surface area (Å²) in [4.78, 5) is 0. The molecule has 26 heavy (non-hydrogen) atoms. The molecule has 0 saturated carbocycles. The zero-order valence-corrected chi connectivity index (χ0v) is 21.5. The van der Waals surface area contributed by atoms with Crippen LogP contribution in [0.2, 0.25) is 0 Å². The molecule has 0 amide bonds. The van der Waals surface area contributed by atoms with Gasteiger partial charge < -0.3 is 9.66 Å². The third kappa shape index (κ3) is 18.9. The molecule has 1 N–H and O–H groups in total. The van der Waals surface area contributed by atoms with Crippen molar-refractivity contribution in [3.8, 4) is 0 Å². The van der Waals surface area contributed by atoms with E-state index in [1.54, 1.807) is 0 Å². The number of aliphatic hydroxyl groups excluding tert-OH is 1. The number of hydrogen-bond donors (Lipinski definition) is 1. The van der Waals surface area contributed by atoms with E-state index >= 15 is 0 Å². The normalized spacial score (nSPS) is 14.0. The Balaban J connectivity index is 0. The van der Waals surface area contributed by atoms with Gasteiger partial charge in [-0.15, -0.1) is 0 Å². The smallest absolute Gasteiger partial charge is 0.748 e. The summed E-state index contributed by atoms with van der Waals surface area (Å²) in [5.74, 6) is 0. The van der Waals surface area contributed by atoms with Crippen molar-refractivity contribution in [2.24, 2.45) is 0 Å². The maximum Gasteiger partial charge on any atom is 1.00 e. The molecule has 0 aromatic heterocycles. The third-order valence-corrected chi connectivity index (χ3v) is 6.26. The zero-order valence-electron chi connectivity index (χ0n) is 17.5. The van der Waals surface area contributed by atoms with E-state index in [4.69, 9.17) is 0 Å². The van der Waals surface area contributed by atoms with Crippen molar-refractivity contribution in [3.63, 3.8) is 0 Å². The topological polar surface area (TPSA) is 77.4 Å². The molecule has 0 aliphatic rings. The van der Waals surface area contributed by atoms with Gasteiger partial charge in [-0.25, -0.2) is 8.42 Å². The van der Waals surface area contributed by atoms with Crippen LogP contribution in [0.15, 0.2) is 0 Å². The molecule has 0 rings (SSSR count). The van der Waals surface area contributed by atoms with E-state index in [9.17, 15) is 18.1 Å². The minimum atomic E-state index is -4.15. The molecular formula is C20H41KO4S. The zero-order chi connectivity index (χ0) is 19.0. The first kappa shape index (κ1) is 29.7. The van der Waals surface area contributed by atoms with E-state index in [2.05, 4.69) is 13.8 Å². The second kappa shape index (κ2) is 19.8. The number of rotatable bonds is 18. The minimum absolute atomic E-state index is 0. The molecule has 0 heterocycles. The molecule has 0 radical (unpaired) electrons. The first-order valence-corrected chi connectivity index (χ1v) is 12.0. The van der Waals surface area contributed by atoms with Gasteiger partial charge in [-0.2, -0.15) is 0 Å². The van der Waals surface area contributed by atoms with Crippen molar-refractivity contribution in [2.75, 3.05) is 0 Å².